The van der Waals surface area contributed by atoms with Crippen LogP contribution >= 0.6 is 0 Å². The Morgan fingerprint density at radius 3 is 2.06 bits per heavy atom. The number of carbonyl (C=O) groups excluding carboxylic acids is 1. The molecule has 2 aliphatic rings. The molecule has 0 bridgehead atoms. The van der Waals surface area contributed by atoms with Crippen LogP contribution in [0.5, 0.6) is 0 Å². The van der Waals surface area contributed by atoms with Crippen molar-refractivity contribution in [1.82, 2.24) is 5.32 Å². The molecule has 0 aromatic carbocycles. The zero-order valence-electron chi connectivity index (χ0n) is 10.7. The predicted octanol–water partition coefficient (Wildman–Crippen LogP) is 1.16. The lowest BCUT2D eigenvalue weighted by molar-refractivity contribution is -0.147. The van der Waals surface area contributed by atoms with Gasteiger partial charge in [0.05, 0.1) is 0 Å². The lowest BCUT2D eigenvalue weighted by atomic mass is 9.92. The Morgan fingerprint density at radius 2 is 1.56 bits per heavy atom. The van der Waals surface area contributed by atoms with Crippen LogP contribution in [0.4, 0.5) is 0 Å². The Morgan fingerprint density at radius 1 is 1.06 bits per heavy atom. The predicted molar refractivity (Wildman–Crippen MR) is 67.0 cm³/mol. The third kappa shape index (κ3) is 2.66. The summed E-state index contributed by atoms with van der Waals surface area (Å²) in [5, 5.41) is 12.0. The van der Waals surface area contributed by atoms with Gasteiger partial charge in [-0.3, -0.25) is 4.79 Å². The van der Waals surface area contributed by atoms with Crippen LogP contribution in [0.2, 0.25) is 0 Å². The molecule has 5 nitrogen and oxygen atoms in total. The standard InChI is InChI=1S/C13H22N2O3/c14-12(5-1-2-6-12)9-10(16)15-13(11(17)18)7-3-4-8-13/h1-9,14H2,(H,15,16)(H,17,18). The number of nitrogens with two attached hydrogens (primary N) is 1. The molecule has 0 radical (unpaired) electrons. The molecule has 0 heterocycles. The molecule has 0 saturated heterocycles. The minimum absolute atomic E-state index is 0.205. The summed E-state index contributed by atoms with van der Waals surface area (Å²) in [4.78, 5) is 23.3. The van der Waals surface area contributed by atoms with E-state index in [0.717, 1.165) is 38.5 Å². The van der Waals surface area contributed by atoms with Gasteiger partial charge in [-0.2, -0.15) is 0 Å². The fourth-order valence-corrected chi connectivity index (χ4v) is 3.26. The average molecular weight is 254 g/mol. The molecule has 2 saturated carbocycles. The summed E-state index contributed by atoms with van der Waals surface area (Å²) in [6.07, 6.45) is 6.89. The van der Waals surface area contributed by atoms with E-state index >= 15 is 0 Å². The second-order valence-electron chi connectivity index (χ2n) is 5.89. The van der Waals surface area contributed by atoms with Crippen molar-refractivity contribution in [1.29, 1.82) is 0 Å². The molecular weight excluding hydrogens is 232 g/mol. The van der Waals surface area contributed by atoms with Gasteiger partial charge in [0, 0.05) is 12.0 Å². The summed E-state index contributed by atoms with van der Waals surface area (Å²) in [6.45, 7) is 0. The number of hydrogen-bond acceptors (Lipinski definition) is 3. The molecule has 2 aliphatic carbocycles. The number of nitrogens with one attached hydrogen (secondary N) is 1. The van der Waals surface area contributed by atoms with Crippen LogP contribution in [0.3, 0.4) is 0 Å². The first-order chi connectivity index (χ1) is 8.46. The summed E-state index contributed by atoms with van der Waals surface area (Å²) in [7, 11) is 0. The van der Waals surface area contributed by atoms with Gasteiger partial charge in [-0.1, -0.05) is 25.7 Å². The normalized spacial score (nSPS) is 24.9. The fourth-order valence-electron chi connectivity index (χ4n) is 3.26. The highest BCUT2D eigenvalue weighted by Gasteiger charge is 2.43. The molecule has 4 N–H and O–H groups in total. The highest BCUT2D eigenvalue weighted by atomic mass is 16.4. The number of carbonyl (C=O) groups is 2. The lowest BCUT2D eigenvalue weighted by Gasteiger charge is -2.28. The molecule has 2 fully saturated rings. The van der Waals surface area contributed by atoms with Gasteiger partial charge < -0.3 is 16.2 Å². The molecule has 1 amide bonds. The van der Waals surface area contributed by atoms with Gasteiger partial charge in [-0.15, -0.1) is 0 Å². The van der Waals surface area contributed by atoms with Crippen LogP contribution in [-0.4, -0.2) is 28.1 Å². The number of rotatable bonds is 4. The maximum atomic E-state index is 12.0. The summed E-state index contributed by atoms with van der Waals surface area (Å²) in [5.74, 6) is -1.12. The van der Waals surface area contributed by atoms with E-state index in [4.69, 9.17) is 5.73 Å². The van der Waals surface area contributed by atoms with Crippen LogP contribution in [0.25, 0.3) is 0 Å². The van der Waals surface area contributed by atoms with Gasteiger partial charge in [-0.25, -0.2) is 4.79 Å². The highest BCUT2D eigenvalue weighted by Crippen LogP contribution is 2.32. The van der Waals surface area contributed by atoms with Gasteiger partial charge in [-0.05, 0) is 25.7 Å². The average Bonchev–Trinajstić information content (AvgIpc) is 2.88. The summed E-state index contributed by atoms with van der Waals surface area (Å²) >= 11 is 0. The lowest BCUT2D eigenvalue weighted by Crippen LogP contribution is -2.54. The van der Waals surface area contributed by atoms with Crippen LogP contribution in [0, 0.1) is 0 Å². The SMILES string of the molecule is NC1(CC(=O)NC2(C(=O)O)CCCC2)CCCC1. The van der Waals surface area contributed by atoms with E-state index in [2.05, 4.69) is 5.32 Å². The highest BCUT2D eigenvalue weighted by molar-refractivity contribution is 5.87. The van der Waals surface area contributed by atoms with Gasteiger partial charge in [0.1, 0.15) is 5.54 Å². The maximum absolute atomic E-state index is 12.0. The number of amides is 1. The van der Waals surface area contributed by atoms with Gasteiger partial charge in [0.15, 0.2) is 0 Å². The zero-order valence-corrected chi connectivity index (χ0v) is 10.7. The van der Waals surface area contributed by atoms with Gasteiger partial charge in [0.25, 0.3) is 0 Å². The van der Waals surface area contributed by atoms with Crippen LogP contribution in [-0.2, 0) is 9.59 Å². The zero-order chi connectivity index (χ0) is 13.2. The van der Waals surface area contributed by atoms with Gasteiger partial charge in [0.2, 0.25) is 5.91 Å². The molecule has 0 spiro atoms. The Kier molecular flexibility index (Phi) is 3.61. The van der Waals surface area contributed by atoms with Crippen molar-refractivity contribution in [3.63, 3.8) is 0 Å². The molecule has 5 heteroatoms. The van der Waals surface area contributed by atoms with Crippen molar-refractivity contribution < 1.29 is 14.7 Å². The molecule has 0 aliphatic heterocycles. The first kappa shape index (κ1) is 13.3. The smallest absolute Gasteiger partial charge is 0.329 e. The molecule has 102 valence electrons. The topological polar surface area (TPSA) is 92.4 Å². The summed E-state index contributed by atoms with van der Waals surface area (Å²) in [6, 6.07) is 0. The van der Waals surface area contributed by atoms with Crippen LogP contribution in [0.1, 0.15) is 57.8 Å². The van der Waals surface area contributed by atoms with Crippen molar-refractivity contribution in [2.24, 2.45) is 5.73 Å². The number of aliphatic carboxylic acids is 1. The van der Waals surface area contributed by atoms with E-state index in [-0.39, 0.29) is 12.3 Å². The first-order valence-corrected chi connectivity index (χ1v) is 6.79. The quantitative estimate of drug-likeness (QED) is 0.702. The summed E-state index contributed by atoms with van der Waals surface area (Å²) < 4.78 is 0. The summed E-state index contributed by atoms with van der Waals surface area (Å²) in [5.41, 5.74) is 4.70. The monoisotopic (exact) mass is 254 g/mol. The van der Waals surface area contributed by atoms with E-state index in [1.807, 2.05) is 0 Å². The number of carboxylic acid groups (broad SMARTS) is 1. The Hall–Kier alpha value is -1.10. The van der Waals surface area contributed by atoms with E-state index < -0.39 is 17.0 Å². The van der Waals surface area contributed by atoms with E-state index in [0.29, 0.717) is 12.8 Å². The van der Waals surface area contributed by atoms with E-state index in [1.54, 1.807) is 0 Å². The van der Waals surface area contributed by atoms with Crippen LogP contribution in [0.15, 0.2) is 0 Å². The second-order valence-corrected chi connectivity index (χ2v) is 5.89. The van der Waals surface area contributed by atoms with Gasteiger partial charge >= 0.3 is 5.97 Å². The van der Waals surface area contributed by atoms with E-state index in [1.165, 1.54) is 0 Å². The Labute approximate surface area is 107 Å². The minimum atomic E-state index is -1.04. The number of hydrogen-bond donors (Lipinski definition) is 3. The molecular formula is C13H22N2O3. The molecule has 0 aromatic heterocycles. The molecule has 18 heavy (non-hydrogen) atoms. The first-order valence-electron chi connectivity index (χ1n) is 6.79. The minimum Gasteiger partial charge on any atom is -0.480 e. The van der Waals surface area contributed by atoms with Crippen molar-refractivity contribution >= 4 is 11.9 Å². The molecule has 0 aromatic rings. The fraction of sp³-hybridized carbons (Fsp3) is 0.846. The molecule has 2 rings (SSSR count). The van der Waals surface area contributed by atoms with Crippen molar-refractivity contribution in [2.45, 2.75) is 68.9 Å². The third-order valence-corrected chi connectivity index (χ3v) is 4.36. The maximum Gasteiger partial charge on any atom is 0.329 e. The van der Waals surface area contributed by atoms with Crippen molar-refractivity contribution in [3.8, 4) is 0 Å². The molecule has 0 atom stereocenters. The molecule has 0 unspecified atom stereocenters. The van der Waals surface area contributed by atoms with Crippen molar-refractivity contribution in [2.75, 3.05) is 0 Å². The third-order valence-electron chi connectivity index (χ3n) is 4.36. The Bertz CT molecular complexity index is 342. The van der Waals surface area contributed by atoms with Crippen LogP contribution < -0.4 is 11.1 Å². The van der Waals surface area contributed by atoms with Crippen molar-refractivity contribution in [3.05, 3.63) is 0 Å². The number of carboxylic acids is 1. The Balaban J connectivity index is 1.95. The largest absolute Gasteiger partial charge is 0.480 e. The van der Waals surface area contributed by atoms with E-state index in [9.17, 15) is 14.7 Å². The second kappa shape index (κ2) is 4.88.